The minimum absolute atomic E-state index is 0.00782. The van der Waals surface area contributed by atoms with Gasteiger partial charge in [-0.2, -0.15) is 0 Å². The van der Waals surface area contributed by atoms with Crippen LogP contribution in [0.5, 0.6) is 17.2 Å². The maximum absolute atomic E-state index is 11.7. The van der Waals surface area contributed by atoms with Crippen LogP contribution in [-0.4, -0.2) is 32.3 Å². The number of aryl methyl sites for hydroxylation is 1. The molecule has 2 rings (SSSR count). The van der Waals surface area contributed by atoms with E-state index in [2.05, 4.69) is 5.32 Å². The van der Waals surface area contributed by atoms with E-state index in [1.54, 1.807) is 0 Å². The maximum atomic E-state index is 11.7. The summed E-state index contributed by atoms with van der Waals surface area (Å²) in [7, 11) is 0. The zero-order chi connectivity index (χ0) is 17.2. The highest BCUT2D eigenvalue weighted by Gasteiger charge is 2.02. The highest BCUT2D eigenvalue weighted by atomic mass is 16.5. The Morgan fingerprint density at radius 2 is 1.42 bits per heavy atom. The monoisotopic (exact) mass is 329 g/mol. The summed E-state index contributed by atoms with van der Waals surface area (Å²) in [5.41, 5.74) is 1.15. The molecular formula is C19H23NO4. The Balaban J connectivity index is 1.61. The summed E-state index contributed by atoms with van der Waals surface area (Å²) in [5.74, 6) is 2.06. The molecule has 0 heterocycles. The van der Waals surface area contributed by atoms with Crippen LogP contribution >= 0.6 is 0 Å². The van der Waals surface area contributed by atoms with Crippen molar-refractivity contribution in [2.24, 2.45) is 0 Å². The number of rotatable bonds is 9. The summed E-state index contributed by atoms with van der Waals surface area (Å²) in [5, 5.41) is 2.75. The molecule has 0 aliphatic rings. The lowest BCUT2D eigenvalue weighted by atomic mass is 10.2. The van der Waals surface area contributed by atoms with Gasteiger partial charge in [-0.15, -0.1) is 0 Å². The molecular weight excluding hydrogens is 306 g/mol. The van der Waals surface area contributed by atoms with Crippen LogP contribution in [0.1, 0.15) is 12.5 Å². The number of nitrogens with one attached hydrogen (secondary N) is 1. The van der Waals surface area contributed by atoms with Crippen molar-refractivity contribution in [1.82, 2.24) is 5.32 Å². The Bertz CT molecular complexity index is 623. The molecule has 0 fully saturated rings. The Hall–Kier alpha value is -2.69. The Labute approximate surface area is 142 Å². The summed E-state index contributed by atoms with van der Waals surface area (Å²) in [4.78, 5) is 11.7. The molecule has 2 aromatic carbocycles. The van der Waals surface area contributed by atoms with E-state index < -0.39 is 0 Å². The zero-order valence-corrected chi connectivity index (χ0v) is 14.1. The van der Waals surface area contributed by atoms with Crippen molar-refractivity contribution < 1.29 is 19.0 Å². The number of ether oxygens (including phenoxy) is 3. The van der Waals surface area contributed by atoms with E-state index in [4.69, 9.17) is 14.2 Å². The molecule has 0 spiro atoms. The summed E-state index contributed by atoms with van der Waals surface area (Å²) in [6.45, 7) is 5.38. The van der Waals surface area contributed by atoms with Crippen LogP contribution in [0.15, 0.2) is 48.5 Å². The van der Waals surface area contributed by atoms with Gasteiger partial charge < -0.3 is 19.5 Å². The van der Waals surface area contributed by atoms with Crippen LogP contribution in [0.25, 0.3) is 0 Å². The minimum atomic E-state index is -0.175. The first-order valence-electron chi connectivity index (χ1n) is 7.99. The summed E-state index contributed by atoms with van der Waals surface area (Å²) in [6, 6.07) is 15.0. The number of amides is 1. The van der Waals surface area contributed by atoms with E-state index in [0.29, 0.717) is 25.5 Å². The first-order chi connectivity index (χ1) is 11.7. The molecule has 128 valence electrons. The SMILES string of the molecule is CCOc1ccc(OCCNC(=O)COc2ccc(C)cc2)cc1. The van der Waals surface area contributed by atoms with E-state index in [0.717, 1.165) is 17.1 Å². The van der Waals surface area contributed by atoms with Gasteiger partial charge in [0.05, 0.1) is 13.2 Å². The summed E-state index contributed by atoms with van der Waals surface area (Å²) < 4.78 is 16.3. The van der Waals surface area contributed by atoms with Crippen molar-refractivity contribution in [2.75, 3.05) is 26.4 Å². The number of carbonyl (C=O) groups excluding carboxylic acids is 1. The van der Waals surface area contributed by atoms with Gasteiger partial charge in [0.2, 0.25) is 0 Å². The summed E-state index contributed by atoms with van der Waals surface area (Å²) >= 11 is 0. The van der Waals surface area contributed by atoms with Crippen LogP contribution in [0.4, 0.5) is 0 Å². The van der Waals surface area contributed by atoms with Gasteiger partial charge in [0.25, 0.3) is 5.91 Å². The molecule has 0 bridgehead atoms. The number of benzene rings is 2. The van der Waals surface area contributed by atoms with Crippen molar-refractivity contribution in [3.8, 4) is 17.2 Å². The van der Waals surface area contributed by atoms with Gasteiger partial charge in [0, 0.05) is 0 Å². The van der Waals surface area contributed by atoms with Gasteiger partial charge in [-0.3, -0.25) is 4.79 Å². The van der Waals surface area contributed by atoms with E-state index in [9.17, 15) is 4.79 Å². The van der Waals surface area contributed by atoms with Crippen molar-refractivity contribution in [3.63, 3.8) is 0 Å². The largest absolute Gasteiger partial charge is 0.494 e. The number of hydrogen-bond acceptors (Lipinski definition) is 4. The molecule has 24 heavy (non-hydrogen) atoms. The standard InChI is InChI=1S/C19H23NO4/c1-3-22-16-8-10-17(11-9-16)23-13-12-20-19(21)14-24-18-6-4-15(2)5-7-18/h4-11H,3,12-14H2,1-2H3,(H,20,21). The average Bonchev–Trinajstić information content (AvgIpc) is 2.60. The maximum Gasteiger partial charge on any atom is 0.258 e. The third-order valence-electron chi connectivity index (χ3n) is 3.22. The molecule has 0 atom stereocenters. The second-order valence-corrected chi connectivity index (χ2v) is 5.20. The fourth-order valence-electron chi connectivity index (χ4n) is 1.99. The molecule has 0 saturated carbocycles. The van der Waals surface area contributed by atoms with Gasteiger partial charge in [-0.1, -0.05) is 17.7 Å². The average molecular weight is 329 g/mol. The van der Waals surface area contributed by atoms with Crippen LogP contribution in [0, 0.1) is 6.92 Å². The van der Waals surface area contributed by atoms with E-state index in [-0.39, 0.29) is 12.5 Å². The fourth-order valence-corrected chi connectivity index (χ4v) is 1.99. The minimum Gasteiger partial charge on any atom is -0.494 e. The molecule has 1 N–H and O–H groups in total. The summed E-state index contributed by atoms with van der Waals surface area (Å²) in [6.07, 6.45) is 0. The van der Waals surface area contributed by atoms with Crippen molar-refractivity contribution in [3.05, 3.63) is 54.1 Å². The van der Waals surface area contributed by atoms with Crippen molar-refractivity contribution in [2.45, 2.75) is 13.8 Å². The molecule has 5 nitrogen and oxygen atoms in total. The highest BCUT2D eigenvalue weighted by Crippen LogP contribution is 2.17. The molecule has 0 aliphatic carbocycles. The molecule has 5 heteroatoms. The Morgan fingerprint density at radius 3 is 2.04 bits per heavy atom. The second-order valence-electron chi connectivity index (χ2n) is 5.20. The third-order valence-corrected chi connectivity index (χ3v) is 3.22. The first kappa shape index (κ1) is 17.7. The predicted octanol–water partition coefficient (Wildman–Crippen LogP) is 2.97. The molecule has 0 aromatic heterocycles. The lowest BCUT2D eigenvalue weighted by molar-refractivity contribution is -0.123. The van der Waals surface area contributed by atoms with Gasteiger partial charge in [0.1, 0.15) is 23.9 Å². The molecule has 0 saturated heterocycles. The number of hydrogen-bond donors (Lipinski definition) is 1. The van der Waals surface area contributed by atoms with Gasteiger partial charge >= 0.3 is 0 Å². The van der Waals surface area contributed by atoms with Gasteiger partial charge in [0.15, 0.2) is 6.61 Å². The number of carbonyl (C=O) groups is 1. The third kappa shape index (κ3) is 6.20. The second kappa shape index (κ2) is 9.45. The van der Waals surface area contributed by atoms with Crippen LogP contribution in [0.2, 0.25) is 0 Å². The van der Waals surface area contributed by atoms with Gasteiger partial charge in [-0.25, -0.2) is 0 Å². The first-order valence-corrected chi connectivity index (χ1v) is 7.99. The van der Waals surface area contributed by atoms with Crippen LogP contribution < -0.4 is 19.5 Å². The zero-order valence-electron chi connectivity index (χ0n) is 14.1. The lowest BCUT2D eigenvalue weighted by Gasteiger charge is -2.09. The quantitative estimate of drug-likeness (QED) is 0.719. The topological polar surface area (TPSA) is 56.8 Å². The molecule has 2 aromatic rings. The van der Waals surface area contributed by atoms with E-state index >= 15 is 0 Å². The predicted molar refractivity (Wildman–Crippen MR) is 92.8 cm³/mol. The van der Waals surface area contributed by atoms with Crippen molar-refractivity contribution >= 4 is 5.91 Å². The normalized spacial score (nSPS) is 10.1. The molecule has 0 radical (unpaired) electrons. The van der Waals surface area contributed by atoms with E-state index in [1.807, 2.05) is 62.4 Å². The van der Waals surface area contributed by atoms with Crippen LogP contribution in [0.3, 0.4) is 0 Å². The Morgan fingerprint density at radius 1 is 0.875 bits per heavy atom. The Kier molecular flexibility index (Phi) is 6.95. The molecule has 0 aliphatic heterocycles. The highest BCUT2D eigenvalue weighted by molar-refractivity contribution is 5.77. The smallest absolute Gasteiger partial charge is 0.258 e. The van der Waals surface area contributed by atoms with Gasteiger partial charge in [-0.05, 0) is 50.2 Å². The lowest BCUT2D eigenvalue weighted by Crippen LogP contribution is -2.32. The fraction of sp³-hybridized carbons (Fsp3) is 0.316. The van der Waals surface area contributed by atoms with Crippen molar-refractivity contribution in [1.29, 1.82) is 0 Å². The molecule has 1 amide bonds. The van der Waals surface area contributed by atoms with E-state index in [1.165, 1.54) is 0 Å². The molecule has 0 unspecified atom stereocenters. The van der Waals surface area contributed by atoms with Crippen LogP contribution in [-0.2, 0) is 4.79 Å².